The molecule has 92 valence electrons. The zero-order chi connectivity index (χ0) is 11.2. The van der Waals surface area contributed by atoms with Gasteiger partial charge < -0.3 is 0 Å². The minimum atomic E-state index is 0.192. The Morgan fingerprint density at radius 3 is 2.69 bits per heavy atom. The number of hydrogen-bond acceptors (Lipinski definition) is 2. The molecule has 3 heteroatoms. The molecular formula is C13H23NO2. The lowest BCUT2D eigenvalue weighted by atomic mass is 10.0. The molecule has 0 aromatic carbocycles. The highest BCUT2D eigenvalue weighted by atomic mass is 16.7. The van der Waals surface area contributed by atoms with Crippen LogP contribution in [0.2, 0.25) is 0 Å². The molecule has 1 aliphatic carbocycles. The van der Waals surface area contributed by atoms with E-state index in [2.05, 4.69) is 0 Å². The van der Waals surface area contributed by atoms with Crippen LogP contribution in [0, 0.1) is 5.92 Å². The van der Waals surface area contributed by atoms with Crippen LogP contribution >= 0.6 is 0 Å². The predicted octanol–water partition coefficient (Wildman–Crippen LogP) is 2.90. The minimum Gasteiger partial charge on any atom is -0.273 e. The SMILES string of the molecule is O=C(CCCC1CCCC1)N1CCCCO1. The van der Waals surface area contributed by atoms with Crippen molar-refractivity contribution >= 4 is 5.91 Å². The van der Waals surface area contributed by atoms with Crippen LogP contribution in [-0.4, -0.2) is 24.1 Å². The Hall–Kier alpha value is -0.570. The molecule has 0 spiro atoms. The van der Waals surface area contributed by atoms with Crippen molar-refractivity contribution in [2.45, 2.75) is 57.8 Å². The average Bonchev–Trinajstić information content (AvgIpc) is 2.83. The van der Waals surface area contributed by atoms with E-state index in [1.165, 1.54) is 32.1 Å². The van der Waals surface area contributed by atoms with Gasteiger partial charge in [-0.25, -0.2) is 5.06 Å². The molecule has 2 rings (SSSR count). The molecule has 1 saturated heterocycles. The van der Waals surface area contributed by atoms with Gasteiger partial charge in [0.25, 0.3) is 0 Å². The quantitative estimate of drug-likeness (QED) is 0.736. The molecule has 0 unspecified atom stereocenters. The second-order valence-corrected chi connectivity index (χ2v) is 5.08. The second kappa shape index (κ2) is 6.24. The van der Waals surface area contributed by atoms with E-state index in [4.69, 9.17) is 4.84 Å². The standard InChI is InChI=1S/C13H23NO2/c15-13(14-10-3-4-11-16-14)9-5-8-12-6-1-2-7-12/h12H,1-11H2. The van der Waals surface area contributed by atoms with E-state index in [1.807, 2.05) is 0 Å². The number of nitrogens with zero attached hydrogens (tertiary/aromatic N) is 1. The Morgan fingerprint density at radius 1 is 1.19 bits per heavy atom. The molecule has 0 N–H and O–H groups in total. The molecule has 16 heavy (non-hydrogen) atoms. The molecule has 0 bridgehead atoms. The first-order valence-electron chi connectivity index (χ1n) is 6.79. The fourth-order valence-electron chi connectivity index (χ4n) is 2.76. The van der Waals surface area contributed by atoms with Gasteiger partial charge >= 0.3 is 0 Å². The first kappa shape index (κ1) is 11.9. The Balaban J connectivity index is 1.59. The third-order valence-corrected chi connectivity index (χ3v) is 3.76. The summed E-state index contributed by atoms with van der Waals surface area (Å²) in [5.41, 5.74) is 0. The van der Waals surface area contributed by atoms with E-state index in [1.54, 1.807) is 5.06 Å². The summed E-state index contributed by atoms with van der Waals surface area (Å²) >= 11 is 0. The fraction of sp³-hybridized carbons (Fsp3) is 0.923. The van der Waals surface area contributed by atoms with Gasteiger partial charge in [-0.3, -0.25) is 9.63 Å². The van der Waals surface area contributed by atoms with Gasteiger partial charge in [-0.05, 0) is 31.6 Å². The number of hydroxylamine groups is 2. The lowest BCUT2D eigenvalue weighted by molar-refractivity contribution is -0.197. The van der Waals surface area contributed by atoms with Crippen molar-refractivity contribution in [3.05, 3.63) is 0 Å². The first-order valence-corrected chi connectivity index (χ1v) is 6.79. The first-order chi connectivity index (χ1) is 7.86. The third kappa shape index (κ3) is 3.48. The monoisotopic (exact) mass is 225 g/mol. The van der Waals surface area contributed by atoms with E-state index < -0.39 is 0 Å². The maximum atomic E-state index is 11.8. The van der Waals surface area contributed by atoms with Gasteiger partial charge in [0, 0.05) is 13.0 Å². The van der Waals surface area contributed by atoms with Gasteiger partial charge in [0.15, 0.2) is 0 Å². The number of carbonyl (C=O) groups excluding carboxylic acids is 1. The summed E-state index contributed by atoms with van der Waals surface area (Å²) in [5, 5.41) is 1.58. The van der Waals surface area contributed by atoms with Crippen LogP contribution in [0.15, 0.2) is 0 Å². The smallest absolute Gasteiger partial charge is 0.246 e. The molecule has 3 nitrogen and oxygen atoms in total. The molecule has 0 radical (unpaired) electrons. The topological polar surface area (TPSA) is 29.5 Å². The number of rotatable bonds is 4. The van der Waals surface area contributed by atoms with Crippen molar-refractivity contribution in [3.8, 4) is 0 Å². The fourth-order valence-corrected chi connectivity index (χ4v) is 2.76. The Bertz CT molecular complexity index is 218. The predicted molar refractivity (Wildman–Crippen MR) is 62.7 cm³/mol. The third-order valence-electron chi connectivity index (χ3n) is 3.76. The number of amides is 1. The van der Waals surface area contributed by atoms with Gasteiger partial charge in [0.05, 0.1) is 6.61 Å². The molecule has 2 fully saturated rings. The number of carbonyl (C=O) groups is 1. The van der Waals surface area contributed by atoms with Crippen LogP contribution < -0.4 is 0 Å². The van der Waals surface area contributed by atoms with E-state index in [0.717, 1.165) is 31.7 Å². The molecule has 0 aromatic heterocycles. The van der Waals surface area contributed by atoms with Crippen LogP contribution in [0.25, 0.3) is 0 Å². The van der Waals surface area contributed by atoms with E-state index >= 15 is 0 Å². The highest BCUT2D eigenvalue weighted by molar-refractivity contribution is 5.75. The molecule has 0 atom stereocenters. The van der Waals surface area contributed by atoms with Gasteiger partial charge in [-0.15, -0.1) is 0 Å². The zero-order valence-electron chi connectivity index (χ0n) is 10.1. The van der Waals surface area contributed by atoms with Crippen molar-refractivity contribution in [2.75, 3.05) is 13.2 Å². The summed E-state index contributed by atoms with van der Waals surface area (Å²) in [6.07, 6.45) is 10.7. The van der Waals surface area contributed by atoms with Crippen molar-refractivity contribution in [1.29, 1.82) is 0 Å². The van der Waals surface area contributed by atoms with Crippen LogP contribution in [0.1, 0.15) is 57.8 Å². The van der Waals surface area contributed by atoms with Crippen molar-refractivity contribution in [2.24, 2.45) is 5.92 Å². The number of hydrogen-bond donors (Lipinski definition) is 0. The molecule has 1 aliphatic heterocycles. The van der Waals surface area contributed by atoms with Crippen molar-refractivity contribution < 1.29 is 9.63 Å². The zero-order valence-corrected chi connectivity index (χ0v) is 10.1. The maximum Gasteiger partial charge on any atom is 0.246 e. The molecule has 0 aromatic rings. The van der Waals surface area contributed by atoms with Gasteiger partial charge in [-0.1, -0.05) is 25.7 Å². The lowest BCUT2D eigenvalue weighted by Gasteiger charge is -2.25. The summed E-state index contributed by atoms with van der Waals surface area (Å²) in [6, 6.07) is 0. The van der Waals surface area contributed by atoms with Gasteiger partial charge in [0.1, 0.15) is 0 Å². The van der Waals surface area contributed by atoms with Gasteiger partial charge in [-0.2, -0.15) is 0 Å². The Kier molecular flexibility index (Phi) is 4.64. The molecule has 1 amide bonds. The van der Waals surface area contributed by atoms with Crippen LogP contribution in [0.5, 0.6) is 0 Å². The highest BCUT2D eigenvalue weighted by Gasteiger charge is 2.19. The van der Waals surface area contributed by atoms with E-state index in [0.29, 0.717) is 13.0 Å². The van der Waals surface area contributed by atoms with Crippen LogP contribution in [0.4, 0.5) is 0 Å². The van der Waals surface area contributed by atoms with Crippen LogP contribution in [0.3, 0.4) is 0 Å². The minimum absolute atomic E-state index is 0.192. The second-order valence-electron chi connectivity index (χ2n) is 5.08. The van der Waals surface area contributed by atoms with E-state index in [-0.39, 0.29) is 5.91 Å². The molecule has 1 heterocycles. The summed E-state index contributed by atoms with van der Waals surface area (Å²) in [6.45, 7) is 1.51. The Labute approximate surface area is 98.1 Å². The normalized spacial score (nSPS) is 22.6. The van der Waals surface area contributed by atoms with E-state index in [9.17, 15) is 4.79 Å². The van der Waals surface area contributed by atoms with Crippen molar-refractivity contribution in [3.63, 3.8) is 0 Å². The molecular weight excluding hydrogens is 202 g/mol. The van der Waals surface area contributed by atoms with Gasteiger partial charge in [0.2, 0.25) is 5.91 Å². The summed E-state index contributed by atoms with van der Waals surface area (Å²) in [4.78, 5) is 17.1. The van der Waals surface area contributed by atoms with Crippen molar-refractivity contribution in [1.82, 2.24) is 5.06 Å². The molecule has 2 aliphatic rings. The highest BCUT2D eigenvalue weighted by Crippen LogP contribution is 2.29. The summed E-state index contributed by atoms with van der Waals surface area (Å²) < 4.78 is 0. The summed E-state index contributed by atoms with van der Waals surface area (Å²) in [5.74, 6) is 1.09. The summed E-state index contributed by atoms with van der Waals surface area (Å²) in [7, 11) is 0. The lowest BCUT2D eigenvalue weighted by Crippen LogP contribution is -2.35. The average molecular weight is 225 g/mol. The largest absolute Gasteiger partial charge is 0.273 e. The maximum absolute atomic E-state index is 11.8. The van der Waals surface area contributed by atoms with Crippen LogP contribution in [-0.2, 0) is 9.63 Å². The Morgan fingerprint density at radius 2 is 2.00 bits per heavy atom. The molecule has 1 saturated carbocycles.